The summed E-state index contributed by atoms with van der Waals surface area (Å²) in [5, 5.41) is 8.35. The van der Waals surface area contributed by atoms with E-state index in [1.54, 1.807) is 0 Å². The fourth-order valence-corrected chi connectivity index (χ4v) is 0.867. The van der Waals surface area contributed by atoms with Crippen LogP contribution >= 0.6 is 0 Å². The predicted octanol–water partition coefficient (Wildman–Crippen LogP) is 0.806. The van der Waals surface area contributed by atoms with E-state index in [0.29, 0.717) is 6.42 Å². The van der Waals surface area contributed by atoms with Crippen LogP contribution in [0.15, 0.2) is 0 Å². The minimum Gasteiger partial charge on any atom is -0.481 e. The summed E-state index contributed by atoms with van der Waals surface area (Å²) in [5.74, 6) is 1.80. The quantitative estimate of drug-likeness (QED) is 0.598. The molecule has 0 fully saturated rings. The summed E-state index contributed by atoms with van der Waals surface area (Å²) < 4.78 is 0. The lowest BCUT2D eigenvalue weighted by atomic mass is 10.3. The van der Waals surface area contributed by atoms with Crippen molar-refractivity contribution in [1.29, 1.82) is 0 Å². The molecule has 0 aliphatic rings. The zero-order valence-corrected chi connectivity index (χ0v) is 7.42. The van der Waals surface area contributed by atoms with Crippen LogP contribution in [0.3, 0.4) is 0 Å². The lowest BCUT2D eigenvalue weighted by molar-refractivity contribution is -0.137. The Morgan fingerprint density at radius 1 is 1.58 bits per heavy atom. The van der Waals surface area contributed by atoms with Crippen LogP contribution in [0.25, 0.3) is 0 Å². The van der Waals surface area contributed by atoms with Gasteiger partial charge in [-0.25, -0.2) is 0 Å². The van der Waals surface area contributed by atoms with E-state index >= 15 is 0 Å². The Kier molecular flexibility index (Phi) is 6.12. The molecule has 0 rings (SSSR count). The third kappa shape index (κ3) is 7.10. The number of carboxylic acid groups (broad SMARTS) is 1. The van der Waals surface area contributed by atoms with Gasteiger partial charge < -0.3 is 10.0 Å². The van der Waals surface area contributed by atoms with Crippen molar-refractivity contribution < 1.29 is 9.90 Å². The van der Waals surface area contributed by atoms with Gasteiger partial charge in [-0.15, -0.1) is 12.3 Å². The summed E-state index contributed by atoms with van der Waals surface area (Å²) in [4.78, 5) is 12.2. The molecule has 3 heteroatoms. The first kappa shape index (κ1) is 11.0. The average Bonchev–Trinajstić information content (AvgIpc) is 2.00. The van der Waals surface area contributed by atoms with Gasteiger partial charge in [0.1, 0.15) is 0 Å². The SMILES string of the molecule is C#CCCN(C)CCCC(=O)O. The first-order valence-electron chi connectivity index (χ1n) is 4.00. The summed E-state index contributed by atoms with van der Waals surface area (Å²) in [5.41, 5.74) is 0. The van der Waals surface area contributed by atoms with Gasteiger partial charge in [-0.1, -0.05) is 0 Å². The van der Waals surface area contributed by atoms with Gasteiger partial charge >= 0.3 is 5.97 Å². The van der Waals surface area contributed by atoms with Crippen molar-refractivity contribution in [3.8, 4) is 12.3 Å². The monoisotopic (exact) mass is 169 g/mol. The molecule has 0 saturated heterocycles. The molecule has 68 valence electrons. The van der Waals surface area contributed by atoms with Crippen LogP contribution in [0, 0.1) is 12.3 Å². The van der Waals surface area contributed by atoms with Gasteiger partial charge in [0.15, 0.2) is 0 Å². The van der Waals surface area contributed by atoms with E-state index in [2.05, 4.69) is 5.92 Å². The summed E-state index contributed by atoms with van der Waals surface area (Å²) in [6, 6.07) is 0. The van der Waals surface area contributed by atoms with Crippen molar-refractivity contribution in [3.63, 3.8) is 0 Å². The Balaban J connectivity index is 3.26. The molecular formula is C9H15NO2. The summed E-state index contributed by atoms with van der Waals surface area (Å²) in [6.07, 6.45) is 6.74. The van der Waals surface area contributed by atoms with Crippen molar-refractivity contribution in [3.05, 3.63) is 0 Å². The van der Waals surface area contributed by atoms with Crippen molar-refractivity contribution in [2.45, 2.75) is 19.3 Å². The Bertz CT molecular complexity index is 172. The van der Waals surface area contributed by atoms with Crippen molar-refractivity contribution in [2.75, 3.05) is 20.1 Å². The number of hydrogen-bond acceptors (Lipinski definition) is 2. The first-order chi connectivity index (χ1) is 5.66. The first-order valence-corrected chi connectivity index (χ1v) is 4.00. The van der Waals surface area contributed by atoms with Crippen LogP contribution in [-0.4, -0.2) is 36.1 Å². The van der Waals surface area contributed by atoms with Crippen LogP contribution in [0.5, 0.6) is 0 Å². The van der Waals surface area contributed by atoms with E-state index in [9.17, 15) is 4.79 Å². The van der Waals surface area contributed by atoms with Gasteiger partial charge in [-0.3, -0.25) is 4.79 Å². The highest BCUT2D eigenvalue weighted by molar-refractivity contribution is 5.66. The van der Waals surface area contributed by atoms with E-state index in [1.807, 2.05) is 11.9 Å². The van der Waals surface area contributed by atoms with Crippen molar-refractivity contribution in [2.24, 2.45) is 0 Å². The molecular weight excluding hydrogens is 154 g/mol. The molecule has 1 N–H and O–H groups in total. The maximum absolute atomic E-state index is 10.1. The second kappa shape index (κ2) is 6.68. The van der Waals surface area contributed by atoms with Gasteiger partial charge in [-0.2, -0.15) is 0 Å². The van der Waals surface area contributed by atoms with Crippen molar-refractivity contribution in [1.82, 2.24) is 4.90 Å². The lowest BCUT2D eigenvalue weighted by Gasteiger charge is -2.13. The Morgan fingerprint density at radius 2 is 2.25 bits per heavy atom. The Hall–Kier alpha value is -1.01. The number of nitrogens with zero attached hydrogens (tertiary/aromatic N) is 1. The molecule has 0 spiro atoms. The normalized spacial score (nSPS) is 9.75. The molecule has 0 bridgehead atoms. The molecule has 0 aliphatic heterocycles. The second-order valence-electron chi connectivity index (χ2n) is 2.75. The third-order valence-electron chi connectivity index (χ3n) is 1.57. The standard InChI is InChI=1S/C9H15NO2/c1-3-4-7-10(2)8-5-6-9(11)12/h1H,4-8H2,2H3,(H,11,12). The van der Waals surface area contributed by atoms with Crippen LogP contribution in [0.2, 0.25) is 0 Å². The molecule has 0 radical (unpaired) electrons. The molecule has 0 amide bonds. The number of terminal acetylenes is 1. The van der Waals surface area contributed by atoms with Crippen LogP contribution < -0.4 is 0 Å². The van der Waals surface area contributed by atoms with Crippen LogP contribution in [0.4, 0.5) is 0 Å². The summed E-state index contributed by atoms with van der Waals surface area (Å²) in [7, 11) is 1.94. The van der Waals surface area contributed by atoms with Gasteiger partial charge in [0.05, 0.1) is 0 Å². The molecule has 0 aromatic rings. The fraction of sp³-hybridized carbons (Fsp3) is 0.667. The largest absolute Gasteiger partial charge is 0.481 e. The number of rotatable bonds is 6. The van der Waals surface area contributed by atoms with Crippen LogP contribution in [0.1, 0.15) is 19.3 Å². The number of hydrogen-bond donors (Lipinski definition) is 1. The smallest absolute Gasteiger partial charge is 0.303 e. The molecule has 0 saturated carbocycles. The Morgan fingerprint density at radius 3 is 2.75 bits per heavy atom. The number of aliphatic carboxylic acids is 1. The number of carboxylic acids is 1. The number of carbonyl (C=O) groups is 1. The predicted molar refractivity (Wildman–Crippen MR) is 47.8 cm³/mol. The van der Waals surface area contributed by atoms with E-state index in [1.165, 1.54) is 0 Å². The van der Waals surface area contributed by atoms with E-state index in [-0.39, 0.29) is 6.42 Å². The molecule has 0 aromatic carbocycles. The summed E-state index contributed by atoms with van der Waals surface area (Å²) >= 11 is 0. The molecule has 0 aliphatic carbocycles. The lowest BCUT2D eigenvalue weighted by Crippen LogP contribution is -2.21. The van der Waals surface area contributed by atoms with Crippen LogP contribution in [-0.2, 0) is 4.79 Å². The zero-order valence-electron chi connectivity index (χ0n) is 7.42. The van der Waals surface area contributed by atoms with Gasteiger partial charge in [0, 0.05) is 19.4 Å². The highest BCUT2D eigenvalue weighted by Crippen LogP contribution is 1.93. The fourth-order valence-electron chi connectivity index (χ4n) is 0.867. The molecule has 0 aromatic heterocycles. The molecule has 0 atom stereocenters. The minimum atomic E-state index is -0.736. The molecule has 12 heavy (non-hydrogen) atoms. The van der Waals surface area contributed by atoms with E-state index < -0.39 is 5.97 Å². The Labute approximate surface area is 73.4 Å². The summed E-state index contributed by atoms with van der Waals surface area (Å²) in [6.45, 7) is 1.64. The van der Waals surface area contributed by atoms with E-state index in [4.69, 9.17) is 11.5 Å². The maximum atomic E-state index is 10.1. The highest BCUT2D eigenvalue weighted by atomic mass is 16.4. The van der Waals surface area contributed by atoms with Gasteiger partial charge in [0.25, 0.3) is 0 Å². The van der Waals surface area contributed by atoms with Gasteiger partial charge in [0.2, 0.25) is 0 Å². The van der Waals surface area contributed by atoms with Gasteiger partial charge in [-0.05, 0) is 20.0 Å². The third-order valence-corrected chi connectivity index (χ3v) is 1.57. The highest BCUT2D eigenvalue weighted by Gasteiger charge is 1.99. The topological polar surface area (TPSA) is 40.5 Å². The minimum absolute atomic E-state index is 0.237. The molecule has 0 unspecified atom stereocenters. The van der Waals surface area contributed by atoms with Crippen molar-refractivity contribution >= 4 is 5.97 Å². The zero-order chi connectivity index (χ0) is 9.40. The average molecular weight is 169 g/mol. The molecule has 0 heterocycles. The molecule has 3 nitrogen and oxygen atoms in total. The van der Waals surface area contributed by atoms with E-state index in [0.717, 1.165) is 19.5 Å². The maximum Gasteiger partial charge on any atom is 0.303 e. The second-order valence-corrected chi connectivity index (χ2v) is 2.75.